The number of hydrogen-bond donors (Lipinski definition) is 3. The average molecular weight is 304 g/mol. The van der Waals surface area contributed by atoms with Crippen LogP contribution in [0.3, 0.4) is 0 Å². The highest BCUT2D eigenvalue weighted by Crippen LogP contribution is 2.41. The molecule has 0 saturated heterocycles. The third-order valence-corrected chi connectivity index (χ3v) is 3.01. The van der Waals surface area contributed by atoms with Gasteiger partial charge in [0.2, 0.25) is 6.79 Å². The van der Waals surface area contributed by atoms with Crippen LogP contribution in [-0.2, 0) is 4.79 Å². The number of ether oxygens (including phenoxy) is 2. The van der Waals surface area contributed by atoms with Gasteiger partial charge in [-0.25, -0.2) is 0 Å². The van der Waals surface area contributed by atoms with Gasteiger partial charge < -0.3 is 25.4 Å². The van der Waals surface area contributed by atoms with E-state index in [-0.39, 0.29) is 6.79 Å². The number of fused-ring (bicyclic) bond motifs is 1. The van der Waals surface area contributed by atoms with Gasteiger partial charge in [0.1, 0.15) is 12.1 Å². The number of aliphatic hydroxyl groups is 1. The van der Waals surface area contributed by atoms with Crippen molar-refractivity contribution in [3.8, 4) is 11.5 Å². The molecule has 1 aliphatic heterocycles. The van der Waals surface area contributed by atoms with Gasteiger partial charge in [-0.2, -0.15) is 0 Å². The third-order valence-electron chi connectivity index (χ3n) is 2.42. The molecular weight excluding hydrogens is 294 g/mol. The first-order valence-electron chi connectivity index (χ1n) is 4.76. The van der Waals surface area contributed by atoms with E-state index in [4.69, 9.17) is 20.3 Å². The van der Waals surface area contributed by atoms with Gasteiger partial charge in [0, 0.05) is 0 Å². The number of benzene rings is 1. The van der Waals surface area contributed by atoms with Crippen LogP contribution < -0.4 is 15.2 Å². The van der Waals surface area contributed by atoms with E-state index in [2.05, 4.69) is 15.9 Å². The summed E-state index contributed by atoms with van der Waals surface area (Å²) in [6.07, 6.45) is -1.31. The van der Waals surface area contributed by atoms with Crippen LogP contribution in [0.5, 0.6) is 11.5 Å². The molecule has 0 saturated carbocycles. The Kier molecular flexibility index (Phi) is 3.23. The first-order valence-corrected chi connectivity index (χ1v) is 5.55. The van der Waals surface area contributed by atoms with Gasteiger partial charge >= 0.3 is 5.97 Å². The molecule has 1 aromatic rings. The number of carbonyl (C=O) groups is 1. The monoisotopic (exact) mass is 303 g/mol. The molecule has 0 aliphatic carbocycles. The molecule has 7 heteroatoms. The van der Waals surface area contributed by atoms with E-state index in [1.54, 1.807) is 6.07 Å². The van der Waals surface area contributed by atoms with Crippen molar-refractivity contribution in [1.29, 1.82) is 0 Å². The lowest BCUT2D eigenvalue weighted by atomic mass is 10.0. The Bertz CT molecular complexity index is 464. The molecule has 4 N–H and O–H groups in total. The second-order valence-corrected chi connectivity index (χ2v) is 4.40. The van der Waals surface area contributed by atoms with Crippen LogP contribution in [0.15, 0.2) is 16.6 Å². The van der Waals surface area contributed by atoms with Crippen molar-refractivity contribution in [3.05, 3.63) is 22.2 Å². The maximum Gasteiger partial charge on any atom is 0.323 e. The van der Waals surface area contributed by atoms with E-state index in [0.717, 1.165) is 0 Å². The standard InChI is InChI=1S/C10H10BrNO5/c11-5-1-4(8(13)7(12)10(14)15)2-6-9(5)17-3-16-6/h1-2,7-8,13H,3,12H2,(H,14,15). The van der Waals surface area contributed by atoms with Gasteiger partial charge in [0.05, 0.1) is 4.47 Å². The lowest BCUT2D eigenvalue weighted by Gasteiger charge is -2.16. The fraction of sp³-hybridized carbons (Fsp3) is 0.300. The van der Waals surface area contributed by atoms with E-state index < -0.39 is 18.1 Å². The SMILES string of the molecule is NC(C(=O)O)C(O)c1cc(Br)c2c(c1)OCO2. The molecule has 92 valence electrons. The summed E-state index contributed by atoms with van der Waals surface area (Å²) in [5.74, 6) is -0.290. The fourth-order valence-electron chi connectivity index (χ4n) is 1.50. The Morgan fingerprint density at radius 1 is 1.47 bits per heavy atom. The van der Waals surface area contributed by atoms with Crippen molar-refractivity contribution < 1.29 is 24.5 Å². The minimum Gasteiger partial charge on any atom is -0.480 e. The van der Waals surface area contributed by atoms with E-state index >= 15 is 0 Å². The predicted octanol–water partition coefficient (Wildman–Crippen LogP) is 0.623. The van der Waals surface area contributed by atoms with Crippen LogP contribution in [0.4, 0.5) is 0 Å². The molecule has 0 aromatic heterocycles. The van der Waals surface area contributed by atoms with Gasteiger partial charge in [0.25, 0.3) is 0 Å². The zero-order valence-electron chi connectivity index (χ0n) is 8.59. The van der Waals surface area contributed by atoms with Gasteiger partial charge in [-0.3, -0.25) is 4.79 Å². The predicted molar refractivity (Wildman–Crippen MR) is 60.8 cm³/mol. The highest BCUT2D eigenvalue weighted by Gasteiger charge is 2.27. The number of carboxylic acid groups (broad SMARTS) is 1. The number of rotatable bonds is 3. The normalized spacial score (nSPS) is 16.6. The average Bonchev–Trinajstić information content (AvgIpc) is 2.75. The molecular formula is C10H10BrNO5. The molecule has 0 bridgehead atoms. The van der Waals surface area contributed by atoms with Gasteiger partial charge in [-0.15, -0.1) is 0 Å². The molecule has 0 radical (unpaired) electrons. The summed E-state index contributed by atoms with van der Waals surface area (Å²) in [5, 5.41) is 18.5. The van der Waals surface area contributed by atoms with Crippen molar-refractivity contribution in [1.82, 2.24) is 0 Å². The van der Waals surface area contributed by atoms with Crippen LogP contribution >= 0.6 is 15.9 Å². The minimum atomic E-state index is -1.39. The molecule has 1 aliphatic rings. The van der Waals surface area contributed by atoms with E-state index in [0.29, 0.717) is 21.5 Å². The van der Waals surface area contributed by atoms with Crippen LogP contribution in [0, 0.1) is 0 Å². The van der Waals surface area contributed by atoms with E-state index in [9.17, 15) is 9.90 Å². The number of halogens is 1. The summed E-state index contributed by atoms with van der Waals surface area (Å²) in [7, 11) is 0. The van der Waals surface area contributed by atoms with E-state index in [1.165, 1.54) is 6.07 Å². The molecule has 0 amide bonds. The quantitative estimate of drug-likeness (QED) is 0.757. The lowest BCUT2D eigenvalue weighted by Crippen LogP contribution is -2.36. The third kappa shape index (κ3) is 2.21. The molecule has 2 atom stereocenters. The molecule has 2 unspecified atom stereocenters. The van der Waals surface area contributed by atoms with Crippen molar-refractivity contribution in [2.75, 3.05) is 6.79 Å². The molecule has 17 heavy (non-hydrogen) atoms. The second kappa shape index (κ2) is 4.52. The van der Waals surface area contributed by atoms with Crippen molar-refractivity contribution in [2.45, 2.75) is 12.1 Å². The largest absolute Gasteiger partial charge is 0.480 e. The highest BCUT2D eigenvalue weighted by molar-refractivity contribution is 9.10. The maximum atomic E-state index is 10.7. The minimum absolute atomic E-state index is 0.0957. The molecule has 1 aromatic carbocycles. The summed E-state index contributed by atoms with van der Waals surface area (Å²) in [5.41, 5.74) is 5.71. The number of aliphatic carboxylic acids is 1. The lowest BCUT2D eigenvalue weighted by molar-refractivity contribution is -0.141. The maximum absolute atomic E-state index is 10.7. The van der Waals surface area contributed by atoms with Crippen LogP contribution in [0.2, 0.25) is 0 Å². The first-order chi connectivity index (χ1) is 8.00. The number of hydrogen-bond acceptors (Lipinski definition) is 5. The Hall–Kier alpha value is -1.31. The molecule has 6 nitrogen and oxygen atoms in total. The van der Waals surface area contributed by atoms with Crippen LogP contribution in [0.25, 0.3) is 0 Å². The number of nitrogens with two attached hydrogens (primary N) is 1. The summed E-state index contributed by atoms with van der Waals surface area (Å²) >= 11 is 3.25. The topological polar surface area (TPSA) is 102 Å². The van der Waals surface area contributed by atoms with Crippen LogP contribution in [0.1, 0.15) is 11.7 Å². The van der Waals surface area contributed by atoms with Gasteiger partial charge in [-0.1, -0.05) is 0 Å². The summed E-state index contributed by atoms with van der Waals surface area (Å²) < 4.78 is 10.9. The number of carboxylic acids is 1. The summed E-state index contributed by atoms with van der Waals surface area (Å²) in [4.78, 5) is 10.7. The fourth-order valence-corrected chi connectivity index (χ4v) is 2.07. The zero-order chi connectivity index (χ0) is 12.6. The Balaban J connectivity index is 2.34. The van der Waals surface area contributed by atoms with Gasteiger partial charge in [0.15, 0.2) is 11.5 Å². The highest BCUT2D eigenvalue weighted by atomic mass is 79.9. The zero-order valence-corrected chi connectivity index (χ0v) is 10.2. The molecule has 0 fully saturated rings. The Labute approximate surface area is 105 Å². The van der Waals surface area contributed by atoms with Crippen molar-refractivity contribution >= 4 is 21.9 Å². The molecule has 0 spiro atoms. The van der Waals surface area contributed by atoms with E-state index in [1.807, 2.05) is 0 Å². The molecule has 1 heterocycles. The van der Waals surface area contributed by atoms with Crippen molar-refractivity contribution in [2.24, 2.45) is 5.73 Å². The Morgan fingerprint density at radius 3 is 2.82 bits per heavy atom. The second-order valence-electron chi connectivity index (χ2n) is 3.55. The number of aliphatic hydroxyl groups excluding tert-OH is 1. The Morgan fingerprint density at radius 2 is 2.18 bits per heavy atom. The smallest absolute Gasteiger partial charge is 0.323 e. The summed E-state index contributed by atoms with van der Waals surface area (Å²) in [6, 6.07) is 1.68. The van der Waals surface area contributed by atoms with Crippen LogP contribution in [-0.4, -0.2) is 29.0 Å². The van der Waals surface area contributed by atoms with Crippen molar-refractivity contribution in [3.63, 3.8) is 0 Å². The van der Waals surface area contributed by atoms with Gasteiger partial charge in [-0.05, 0) is 33.6 Å². The summed E-state index contributed by atoms with van der Waals surface area (Å²) in [6.45, 7) is 0.0957. The first kappa shape index (κ1) is 12.2. The molecule has 2 rings (SSSR count).